The van der Waals surface area contributed by atoms with Gasteiger partial charge in [0.1, 0.15) is 11.6 Å². The van der Waals surface area contributed by atoms with Crippen LogP contribution in [0.15, 0.2) is 57.8 Å². The van der Waals surface area contributed by atoms with Gasteiger partial charge in [-0.25, -0.2) is 0 Å². The second-order valence-electron chi connectivity index (χ2n) is 6.47. The molecular formula is C21H19N3O4S. The molecule has 8 heteroatoms. The predicted molar refractivity (Wildman–Crippen MR) is 109 cm³/mol. The Morgan fingerprint density at radius 1 is 1.24 bits per heavy atom. The Kier molecular flexibility index (Phi) is 6.65. The Balaban J connectivity index is 1.87. The van der Waals surface area contributed by atoms with E-state index in [4.69, 9.17) is 4.74 Å². The van der Waals surface area contributed by atoms with Crippen LogP contribution in [0, 0.1) is 28.4 Å². The largest absolute Gasteiger partial charge is 0.378 e. The number of ether oxygens (including phenoxy) is 1. The fraction of sp³-hybridized carbons (Fsp3) is 0.238. The van der Waals surface area contributed by atoms with Crippen molar-refractivity contribution >= 4 is 29.4 Å². The molecule has 29 heavy (non-hydrogen) atoms. The molecule has 1 aliphatic heterocycles. The molecule has 2 aromatic rings. The third-order valence-electron chi connectivity index (χ3n) is 4.39. The maximum absolute atomic E-state index is 12.5. The van der Waals surface area contributed by atoms with Gasteiger partial charge >= 0.3 is 0 Å². The number of aryl methyl sites for hydroxylation is 1. The van der Waals surface area contributed by atoms with E-state index in [9.17, 15) is 20.2 Å². The molecule has 0 aliphatic carbocycles. The molecular weight excluding hydrogens is 390 g/mol. The highest BCUT2D eigenvalue weighted by Crippen LogP contribution is 2.35. The maximum Gasteiger partial charge on any atom is 0.283 e. The van der Waals surface area contributed by atoms with E-state index in [1.54, 1.807) is 17.0 Å². The van der Waals surface area contributed by atoms with Crippen molar-refractivity contribution in [1.82, 2.24) is 4.90 Å². The van der Waals surface area contributed by atoms with E-state index in [1.165, 1.54) is 23.9 Å². The van der Waals surface area contributed by atoms with Gasteiger partial charge in [-0.3, -0.25) is 14.9 Å². The normalized spacial score (nSPS) is 14.3. The van der Waals surface area contributed by atoms with E-state index in [0.717, 1.165) is 10.5 Å². The average Bonchev–Trinajstić information content (AvgIpc) is 2.74. The van der Waals surface area contributed by atoms with Crippen LogP contribution in [-0.2, 0) is 9.53 Å². The van der Waals surface area contributed by atoms with Crippen molar-refractivity contribution in [1.29, 1.82) is 5.26 Å². The summed E-state index contributed by atoms with van der Waals surface area (Å²) in [5.41, 5.74) is 1.42. The van der Waals surface area contributed by atoms with Crippen molar-refractivity contribution in [3.05, 3.63) is 69.3 Å². The van der Waals surface area contributed by atoms with Gasteiger partial charge in [-0.15, -0.1) is 0 Å². The number of morpholine rings is 1. The summed E-state index contributed by atoms with van der Waals surface area (Å²) in [6.45, 7) is 3.68. The van der Waals surface area contributed by atoms with E-state index in [0.29, 0.717) is 36.8 Å². The molecule has 7 nitrogen and oxygen atoms in total. The molecule has 1 aliphatic rings. The minimum absolute atomic E-state index is 0.0554. The molecule has 0 saturated carbocycles. The van der Waals surface area contributed by atoms with Crippen molar-refractivity contribution in [2.45, 2.75) is 16.7 Å². The molecule has 148 valence electrons. The summed E-state index contributed by atoms with van der Waals surface area (Å²) >= 11 is 1.30. The minimum atomic E-state index is -0.455. The monoisotopic (exact) mass is 409 g/mol. The number of rotatable bonds is 5. The number of nitriles is 1. The molecule has 1 heterocycles. The SMILES string of the molecule is Cc1ccc(Sc2ccc(C=C(C#N)C(=O)N3CCOCC3)cc2[N+](=O)[O-])cc1. The quantitative estimate of drug-likeness (QED) is 0.322. The van der Waals surface area contributed by atoms with Crippen LogP contribution in [-0.4, -0.2) is 42.0 Å². The minimum Gasteiger partial charge on any atom is -0.378 e. The van der Waals surface area contributed by atoms with Gasteiger partial charge in [0.25, 0.3) is 11.6 Å². The number of hydrogen-bond donors (Lipinski definition) is 0. The van der Waals surface area contributed by atoms with Crippen molar-refractivity contribution < 1.29 is 14.5 Å². The zero-order valence-corrected chi connectivity index (χ0v) is 16.6. The molecule has 0 N–H and O–H groups in total. The number of nitro groups is 1. The third kappa shape index (κ3) is 5.22. The van der Waals surface area contributed by atoms with E-state index >= 15 is 0 Å². The molecule has 1 saturated heterocycles. The fourth-order valence-electron chi connectivity index (χ4n) is 2.83. The topological polar surface area (TPSA) is 96.5 Å². The summed E-state index contributed by atoms with van der Waals surface area (Å²) in [5, 5.41) is 21.0. The van der Waals surface area contributed by atoms with Gasteiger partial charge in [-0.05, 0) is 36.8 Å². The average molecular weight is 409 g/mol. The van der Waals surface area contributed by atoms with E-state index in [-0.39, 0.29) is 11.3 Å². The summed E-state index contributed by atoms with van der Waals surface area (Å²) in [4.78, 5) is 26.6. The van der Waals surface area contributed by atoms with Crippen LogP contribution in [0.2, 0.25) is 0 Å². The zero-order valence-electron chi connectivity index (χ0n) is 15.8. The first-order chi connectivity index (χ1) is 14.0. The highest BCUT2D eigenvalue weighted by atomic mass is 32.2. The van der Waals surface area contributed by atoms with Crippen molar-refractivity contribution in [3.8, 4) is 6.07 Å². The Hall–Kier alpha value is -3.15. The van der Waals surface area contributed by atoms with Crippen LogP contribution >= 0.6 is 11.8 Å². The highest BCUT2D eigenvalue weighted by Gasteiger charge is 2.21. The summed E-state index contributed by atoms with van der Waals surface area (Å²) in [6.07, 6.45) is 1.39. The lowest BCUT2D eigenvalue weighted by Gasteiger charge is -2.26. The molecule has 0 unspecified atom stereocenters. The molecule has 0 aromatic heterocycles. The standard InChI is InChI=1S/C21H19N3O4S/c1-15-2-5-18(6-3-15)29-20-7-4-16(13-19(20)24(26)27)12-17(14-22)21(25)23-8-10-28-11-9-23/h2-7,12-13H,8-11H2,1H3. The number of carbonyl (C=O) groups excluding carboxylic acids is 1. The van der Waals surface area contributed by atoms with E-state index in [1.807, 2.05) is 37.3 Å². The first-order valence-corrected chi connectivity index (χ1v) is 9.81. The Morgan fingerprint density at radius 2 is 1.93 bits per heavy atom. The van der Waals surface area contributed by atoms with Gasteiger partial charge in [0.05, 0.1) is 23.0 Å². The lowest BCUT2D eigenvalue weighted by molar-refractivity contribution is -0.387. The molecule has 2 aromatic carbocycles. The van der Waals surface area contributed by atoms with Crippen molar-refractivity contribution in [2.75, 3.05) is 26.3 Å². The van der Waals surface area contributed by atoms with Crippen LogP contribution in [0.1, 0.15) is 11.1 Å². The van der Waals surface area contributed by atoms with Gasteiger partial charge in [-0.2, -0.15) is 5.26 Å². The number of amides is 1. The number of nitro benzene ring substituents is 1. The number of carbonyl (C=O) groups is 1. The second-order valence-corrected chi connectivity index (χ2v) is 7.59. The van der Waals surface area contributed by atoms with Crippen LogP contribution < -0.4 is 0 Å². The lowest BCUT2D eigenvalue weighted by Crippen LogP contribution is -2.41. The number of nitrogens with zero attached hydrogens (tertiary/aromatic N) is 3. The Labute approximate surface area is 172 Å². The summed E-state index contributed by atoms with van der Waals surface area (Å²) < 4.78 is 5.22. The molecule has 0 spiro atoms. The van der Waals surface area contributed by atoms with Gasteiger partial charge in [0, 0.05) is 24.1 Å². The molecule has 3 rings (SSSR count). The zero-order chi connectivity index (χ0) is 20.8. The van der Waals surface area contributed by atoms with Crippen LogP contribution in [0.25, 0.3) is 6.08 Å². The van der Waals surface area contributed by atoms with Gasteiger partial charge in [-0.1, -0.05) is 35.5 Å². The van der Waals surface area contributed by atoms with Gasteiger partial charge in [0.2, 0.25) is 0 Å². The van der Waals surface area contributed by atoms with Crippen molar-refractivity contribution in [3.63, 3.8) is 0 Å². The molecule has 0 bridgehead atoms. The molecule has 0 radical (unpaired) electrons. The van der Waals surface area contributed by atoms with E-state index in [2.05, 4.69) is 0 Å². The number of hydrogen-bond acceptors (Lipinski definition) is 6. The summed E-state index contributed by atoms with van der Waals surface area (Å²) in [6, 6.07) is 14.3. The second kappa shape index (κ2) is 9.37. The lowest BCUT2D eigenvalue weighted by atomic mass is 10.1. The van der Waals surface area contributed by atoms with Crippen LogP contribution in [0.4, 0.5) is 5.69 Å². The smallest absolute Gasteiger partial charge is 0.283 e. The highest BCUT2D eigenvalue weighted by molar-refractivity contribution is 7.99. The third-order valence-corrected chi connectivity index (χ3v) is 5.46. The first-order valence-electron chi connectivity index (χ1n) is 8.99. The maximum atomic E-state index is 12.5. The van der Waals surface area contributed by atoms with Gasteiger partial charge < -0.3 is 9.64 Å². The molecule has 1 fully saturated rings. The molecule has 1 amide bonds. The van der Waals surface area contributed by atoms with Crippen molar-refractivity contribution in [2.24, 2.45) is 0 Å². The summed E-state index contributed by atoms with van der Waals surface area (Å²) in [5.74, 6) is -0.392. The Morgan fingerprint density at radius 3 is 2.55 bits per heavy atom. The van der Waals surface area contributed by atoms with Gasteiger partial charge in [0.15, 0.2) is 0 Å². The Bertz CT molecular complexity index is 990. The van der Waals surface area contributed by atoms with Crippen LogP contribution in [0.3, 0.4) is 0 Å². The number of benzene rings is 2. The fourth-order valence-corrected chi connectivity index (χ4v) is 3.73. The first kappa shape index (κ1) is 20.6. The van der Waals surface area contributed by atoms with E-state index < -0.39 is 10.8 Å². The van der Waals surface area contributed by atoms with Crippen LogP contribution in [0.5, 0.6) is 0 Å². The predicted octanol–water partition coefficient (Wildman–Crippen LogP) is 3.82. The molecule has 0 atom stereocenters. The summed E-state index contributed by atoms with van der Waals surface area (Å²) in [7, 11) is 0.